The van der Waals surface area contributed by atoms with Crippen molar-refractivity contribution in [2.75, 3.05) is 13.1 Å². The Morgan fingerprint density at radius 2 is 2.17 bits per heavy atom. The fourth-order valence-corrected chi connectivity index (χ4v) is 1.88. The summed E-state index contributed by atoms with van der Waals surface area (Å²) in [6, 6.07) is 4.34. The van der Waals surface area contributed by atoms with Gasteiger partial charge in [0.25, 0.3) is 11.6 Å². The first-order chi connectivity index (χ1) is 10.5. The standard InChI is InChI=1S/C14H17N5O3.2ClH/c1-10(7-15)8-17-14(20)11-2-3-12(13(6-11)19(21)22)18-5-4-16-9-18;;/h2-6,9-10H,7-8,15H2,1H3,(H,17,20);2*1H. The van der Waals surface area contributed by atoms with Gasteiger partial charge in [-0.25, -0.2) is 4.98 Å². The number of carbonyl (C=O) groups is 1. The molecule has 0 aliphatic carbocycles. The van der Waals surface area contributed by atoms with Crippen molar-refractivity contribution in [1.82, 2.24) is 14.9 Å². The van der Waals surface area contributed by atoms with Crippen molar-refractivity contribution in [2.45, 2.75) is 6.92 Å². The lowest BCUT2D eigenvalue weighted by molar-refractivity contribution is -0.384. The second-order valence-corrected chi connectivity index (χ2v) is 4.98. The molecule has 1 amide bonds. The van der Waals surface area contributed by atoms with Crippen LogP contribution >= 0.6 is 24.8 Å². The van der Waals surface area contributed by atoms with Crippen LogP contribution in [0.4, 0.5) is 5.69 Å². The maximum atomic E-state index is 12.0. The highest BCUT2D eigenvalue weighted by atomic mass is 35.5. The zero-order chi connectivity index (χ0) is 16.1. The predicted molar refractivity (Wildman–Crippen MR) is 95.3 cm³/mol. The third-order valence-electron chi connectivity index (χ3n) is 3.23. The number of hydrogen-bond donors (Lipinski definition) is 2. The number of rotatable bonds is 6. The molecule has 0 saturated heterocycles. The minimum absolute atomic E-state index is 0. The summed E-state index contributed by atoms with van der Waals surface area (Å²) >= 11 is 0. The van der Waals surface area contributed by atoms with E-state index in [0.717, 1.165) is 0 Å². The van der Waals surface area contributed by atoms with Gasteiger partial charge in [0, 0.05) is 30.6 Å². The lowest BCUT2D eigenvalue weighted by Gasteiger charge is -2.11. The van der Waals surface area contributed by atoms with Crippen LogP contribution in [0, 0.1) is 16.0 Å². The smallest absolute Gasteiger partial charge is 0.294 e. The summed E-state index contributed by atoms with van der Waals surface area (Å²) in [4.78, 5) is 26.6. The number of nitrogens with one attached hydrogen (secondary N) is 1. The van der Waals surface area contributed by atoms with Crippen LogP contribution < -0.4 is 11.1 Å². The van der Waals surface area contributed by atoms with Gasteiger partial charge < -0.3 is 15.6 Å². The third-order valence-corrected chi connectivity index (χ3v) is 3.23. The molecule has 1 unspecified atom stereocenters. The molecule has 1 atom stereocenters. The average Bonchev–Trinajstić information content (AvgIpc) is 3.05. The molecule has 1 aromatic heterocycles. The Labute approximate surface area is 151 Å². The van der Waals surface area contributed by atoms with E-state index < -0.39 is 4.92 Å². The van der Waals surface area contributed by atoms with Crippen molar-refractivity contribution < 1.29 is 9.72 Å². The number of benzene rings is 1. The minimum Gasteiger partial charge on any atom is -0.352 e. The third kappa shape index (κ3) is 5.19. The molecule has 132 valence electrons. The van der Waals surface area contributed by atoms with Crippen molar-refractivity contribution in [3.63, 3.8) is 0 Å². The fourth-order valence-electron chi connectivity index (χ4n) is 1.88. The molecular formula is C14H19Cl2N5O3. The molecule has 1 aromatic carbocycles. The minimum atomic E-state index is -0.519. The molecule has 24 heavy (non-hydrogen) atoms. The van der Waals surface area contributed by atoms with E-state index in [1.807, 2.05) is 6.92 Å². The normalized spacial score (nSPS) is 10.9. The van der Waals surface area contributed by atoms with E-state index in [-0.39, 0.29) is 47.9 Å². The fraction of sp³-hybridized carbons (Fsp3) is 0.286. The van der Waals surface area contributed by atoms with Gasteiger partial charge >= 0.3 is 0 Å². The average molecular weight is 376 g/mol. The molecule has 2 rings (SSSR count). The number of nitro groups is 1. The monoisotopic (exact) mass is 375 g/mol. The van der Waals surface area contributed by atoms with Gasteiger partial charge in [-0.05, 0) is 24.6 Å². The van der Waals surface area contributed by atoms with Crippen LogP contribution in [-0.4, -0.2) is 33.5 Å². The number of carbonyl (C=O) groups excluding carboxylic acids is 1. The summed E-state index contributed by atoms with van der Waals surface area (Å²) in [6.45, 7) is 2.79. The molecule has 10 heteroatoms. The lowest BCUT2D eigenvalue weighted by Crippen LogP contribution is -2.31. The lowest BCUT2D eigenvalue weighted by atomic mass is 10.1. The Morgan fingerprint density at radius 3 is 2.71 bits per heavy atom. The van der Waals surface area contributed by atoms with Crippen LogP contribution in [-0.2, 0) is 0 Å². The molecule has 1 heterocycles. The Bertz CT molecular complexity index is 679. The number of nitro benzene ring substituents is 1. The van der Waals surface area contributed by atoms with E-state index in [9.17, 15) is 14.9 Å². The van der Waals surface area contributed by atoms with Gasteiger partial charge in [0.2, 0.25) is 0 Å². The van der Waals surface area contributed by atoms with Gasteiger partial charge in [-0.2, -0.15) is 0 Å². The number of halogens is 2. The highest BCUT2D eigenvalue weighted by molar-refractivity contribution is 5.95. The molecule has 0 bridgehead atoms. The summed E-state index contributed by atoms with van der Waals surface area (Å²) in [6.07, 6.45) is 4.59. The van der Waals surface area contributed by atoms with Crippen LogP contribution in [0.2, 0.25) is 0 Å². The molecule has 3 N–H and O–H groups in total. The molecular weight excluding hydrogens is 357 g/mol. The van der Waals surface area contributed by atoms with Crippen LogP contribution in [0.25, 0.3) is 5.69 Å². The van der Waals surface area contributed by atoms with E-state index in [0.29, 0.717) is 18.8 Å². The van der Waals surface area contributed by atoms with E-state index in [4.69, 9.17) is 5.73 Å². The summed E-state index contributed by atoms with van der Waals surface area (Å²) < 4.78 is 1.52. The van der Waals surface area contributed by atoms with Gasteiger partial charge in [-0.15, -0.1) is 24.8 Å². The van der Waals surface area contributed by atoms with Gasteiger partial charge in [-0.1, -0.05) is 6.92 Å². The second kappa shape index (κ2) is 9.86. The second-order valence-electron chi connectivity index (χ2n) is 4.98. The van der Waals surface area contributed by atoms with Crippen LogP contribution in [0.3, 0.4) is 0 Å². The SMILES string of the molecule is CC(CN)CNC(=O)c1ccc(-n2ccnc2)c([N+](=O)[O-])c1.Cl.Cl. The van der Waals surface area contributed by atoms with Crippen molar-refractivity contribution >= 4 is 36.4 Å². The van der Waals surface area contributed by atoms with E-state index in [2.05, 4.69) is 10.3 Å². The van der Waals surface area contributed by atoms with Gasteiger partial charge in [0.15, 0.2) is 0 Å². The first-order valence-electron chi connectivity index (χ1n) is 6.78. The summed E-state index contributed by atoms with van der Waals surface area (Å²) in [5.41, 5.74) is 5.92. The highest BCUT2D eigenvalue weighted by Gasteiger charge is 2.18. The Morgan fingerprint density at radius 1 is 1.46 bits per heavy atom. The van der Waals surface area contributed by atoms with Crippen molar-refractivity contribution in [3.8, 4) is 5.69 Å². The van der Waals surface area contributed by atoms with Gasteiger partial charge in [0.1, 0.15) is 5.69 Å². The number of nitrogens with two attached hydrogens (primary N) is 1. The maximum Gasteiger partial charge on any atom is 0.294 e. The number of aromatic nitrogens is 2. The molecule has 0 aliphatic heterocycles. The number of hydrogen-bond acceptors (Lipinski definition) is 5. The van der Waals surface area contributed by atoms with E-state index in [1.165, 1.54) is 29.2 Å². The van der Waals surface area contributed by atoms with Crippen LogP contribution in [0.15, 0.2) is 36.9 Å². The number of nitrogens with zero attached hydrogens (tertiary/aromatic N) is 3. The van der Waals surface area contributed by atoms with Crippen molar-refractivity contribution in [2.24, 2.45) is 11.7 Å². The molecule has 0 saturated carbocycles. The van der Waals surface area contributed by atoms with Crippen molar-refractivity contribution in [1.29, 1.82) is 0 Å². The Hall–Kier alpha value is -2.16. The quantitative estimate of drug-likeness (QED) is 0.591. The zero-order valence-corrected chi connectivity index (χ0v) is 14.5. The van der Waals surface area contributed by atoms with E-state index >= 15 is 0 Å². The van der Waals surface area contributed by atoms with Crippen molar-refractivity contribution in [3.05, 3.63) is 52.6 Å². The number of imidazole rings is 1. The van der Waals surface area contributed by atoms with Crippen LogP contribution in [0.1, 0.15) is 17.3 Å². The largest absolute Gasteiger partial charge is 0.352 e. The molecule has 0 fully saturated rings. The first-order valence-corrected chi connectivity index (χ1v) is 6.78. The van der Waals surface area contributed by atoms with Gasteiger partial charge in [0.05, 0.1) is 11.3 Å². The Kier molecular flexibility index (Phi) is 8.97. The molecule has 0 radical (unpaired) electrons. The van der Waals surface area contributed by atoms with Crippen LogP contribution in [0.5, 0.6) is 0 Å². The van der Waals surface area contributed by atoms with Gasteiger partial charge in [-0.3, -0.25) is 14.9 Å². The first kappa shape index (κ1) is 21.8. The molecule has 0 spiro atoms. The van der Waals surface area contributed by atoms with E-state index in [1.54, 1.807) is 12.3 Å². The summed E-state index contributed by atoms with van der Waals surface area (Å²) in [5.74, 6) is -0.218. The molecule has 2 aromatic rings. The predicted octanol–water partition coefficient (Wildman–Crippen LogP) is 1.95. The topological polar surface area (TPSA) is 116 Å². The maximum absolute atomic E-state index is 12.0. The Balaban J connectivity index is 0.00000264. The summed E-state index contributed by atoms with van der Waals surface area (Å²) in [5, 5.41) is 13.9. The highest BCUT2D eigenvalue weighted by Crippen LogP contribution is 2.24. The molecule has 8 nitrogen and oxygen atoms in total. The molecule has 0 aliphatic rings. The summed E-state index contributed by atoms with van der Waals surface area (Å²) in [7, 11) is 0. The zero-order valence-electron chi connectivity index (χ0n) is 12.9. The number of amides is 1.